The molecule has 2 aromatic carbocycles. The smallest absolute Gasteiger partial charge is 0.119 e. The van der Waals surface area contributed by atoms with Crippen molar-refractivity contribution in [2.24, 2.45) is 7.05 Å². The molecule has 1 saturated heterocycles. The Morgan fingerprint density at radius 2 is 1.93 bits per heavy atom. The van der Waals surface area contributed by atoms with Crippen LogP contribution in [0.2, 0.25) is 0 Å². The number of ether oxygens (including phenoxy) is 1. The lowest BCUT2D eigenvalue weighted by Gasteiger charge is -2.41. The SMILES string of the molecule is COc1cccc(CN2CCN(Cc3cn(C)c4ccccc34)C[C@@H]2CCO)c1. The fraction of sp³-hybridized carbons (Fsp3) is 0.417. The van der Waals surface area contributed by atoms with Gasteiger partial charge in [-0.15, -0.1) is 0 Å². The number of aromatic nitrogens is 1. The van der Waals surface area contributed by atoms with Gasteiger partial charge < -0.3 is 14.4 Å². The standard InChI is InChI=1S/C24H31N3O2/c1-25-16-20(23-8-3-4-9-24(23)25)17-26-11-12-27(21(18-26)10-13-28)15-19-6-5-7-22(14-19)29-2/h3-9,14,16,21,28H,10-13,15,17-18H2,1-2H3/t21-/m0/s1. The van der Waals surface area contributed by atoms with Crippen LogP contribution in [-0.2, 0) is 20.1 Å². The molecule has 0 amide bonds. The predicted molar refractivity (Wildman–Crippen MR) is 117 cm³/mol. The third kappa shape index (κ3) is 4.47. The minimum absolute atomic E-state index is 0.224. The molecule has 0 saturated carbocycles. The van der Waals surface area contributed by atoms with E-state index in [1.165, 1.54) is 22.0 Å². The average molecular weight is 394 g/mol. The molecule has 3 aromatic rings. The molecule has 1 aromatic heterocycles. The lowest BCUT2D eigenvalue weighted by molar-refractivity contribution is 0.0501. The van der Waals surface area contributed by atoms with Crippen LogP contribution >= 0.6 is 0 Å². The number of methoxy groups -OCH3 is 1. The first-order valence-corrected chi connectivity index (χ1v) is 10.4. The topological polar surface area (TPSA) is 40.9 Å². The summed E-state index contributed by atoms with van der Waals surface area (Å²) in [6, 6.07) is 17.3. The molecule has 1 atom stereocenters. The molecule has 0 spiro atoms. The van der Waals surface area contributed by atoms with Crippen LogP contribution in [0, 0.1) is 0 Å². The van der Waals surface area contributed by atoms with Crippen LogP contribution in [0.5, 0.6) is 5.75 Å². The molecule has 1 N–H and O–H groups in total. The number of fused-ring (bicyclic) bond motifs is 1. The van der Waals surface area contributed by atoms with E-state index < -0.39 is 0 Å². The molecular weight excluding hydrogens is 362 g/mol. The molecule has 5 heteroatoms. The largest absolute Gasteiger partial charge is 0.497 e. The van der Waals surface area contributed by atoms with Gasteiger partial charge in [0.15, 0.2) is 0 Å². The molecular formula is C24H31N3O2. The van der Waals surface area contributed by atoms with Crippen molar-refractivity contribution in [3.05, 3.63) is 65.9 Å². The third-order valence-corrected chi connectivity index (χ3v) is 6.04. The van der Waals surface area contributed by atoms with Crippen LogP contribution in [0.25, 0.3) is 10.9 Å². The predicted octanol–water partition coefficient (Wildman–Crippen LogP) is 3.26. The minimum Gasteiger partial charge on any atom is -0.497 e. The molecule has 154 valence electrons. The van der Waals surface area contributed by atoms with E-state index in [0.717, 1.165) is 44.9 Å². The second-order valence-corrected chi connectivity index (χ2v) is 8.01. The Hall–Kier alpha value is -2.34. The summed E-state index contributed by atoms with van der Waals surface area (Å²) in [6.45, 7) is 5.09. The molecule has 5 nitrogen and oxygen atoms in total. The Labute approximate surface area is 173 Å². The normalized spacial score (nSPS) is 18.4. The molecule has 0 aliphatic carbocycles. The summed E-state index contributed by atoms with van der Waals surface area (Å²) in [5.74, 6) is 0.899. The highest BCUT2D eigenvalue weighted by atomic mass is 16.5. The Morgan fingerprint density at radius 1 is 1.07 bits per heavy atom. The highest BCUT2D eigenvalue weighted by Crippen LogP contribution is 2.24. The van der Waals surface area contributed by atoms with E-state index in [4.69, 9.17) is 4.74 Å². The first-order chi connectivity index (χ1) is 14.2. The zero-order chi connectivity index (χ0) is 20.2. The van der Waals surface area contributed by atoms with Crippen LogP contribution in [0.4, 0.5) is 0 Å². The van der Waals surface area contributed by atoms with E-state index in [1.54, 1.807) is 7.11 Å². The highest BCUT2D eigenvalue weighted by molar-refractivity contribution is 5.83. The quantitative estimate of drug-likeness (QED) is 0.669. The van der Waals surface area contributed by atoms with Crippen molar-refractivity contribution < 1.29 is 9.84 Å². The van der Waals surface area contributed by atoms with Crippen LogP contribution in [-0.4, -0.2) is 58.9 Å². The average Bonchev–Trinajstić information content (AvgIpc) is 3.06. The second-order valence-electron chi connectivity index (χ2n) is 8.01. The third-order valence-electron chi connectivity index (χ3n) is 6.04. The fourth-order valence-electron chi connectivity index (χ4n) is 4.53. The number of piperazine rings is 1. The number of benzene rings is 2. The maximum Gasteiger partial charge on any atom is 0.119 e. The number of rotatable bonds is 7. The van der Waals surface area contributed by atoms with E-state index in [0.29, 0.717) is 6.04 Å². The van der Waals surface area contributed by atoms with Gasteiger partial charge in [0.1, 0.15) is 5.75 Å². The van der Waals surface area contributed by atoms with E-state index >= 15 is 0 Å². The van der Waals surface area contributed by atoms with Crippen molar-refractivity contribution in [3.8, 4) is 5.75 Å². The van der Waals surface area contributed by atoms with Crippen LogP contribution in [0.1, 0.15) is 17.5 Å². The molecule has 2 heterocycles. The second kappa shape index (κ2) is 8.99. The van der Waals surface area contributed by atoms with Crippen molar-refractivity contribution in [3.63, 3.8) is 0 Å². The summed E-state index contributed by atoms with van der Waals surface area (Å²) in [6.07, 6.45) is 3.06. The van der Waals surface area contributed by atoms with Gasteiger partial charge in [0.05, 0.1) is 7.11 Å². The van der Waals surface area contributed by atoms with Crippen LogP contribution in [0.3, 0.4) is 0 Å². The lowest BCUT2D eigenvalue weighted by Crippen LogP contribution is -2.52. The molecule has 0 bridgehead atoms. The zero-order valence-electron chi connectivity index (χ0n) is 17.4. The van der Waals surface area contributed by atoms with Gasteiger partial charge in [0, 0.05) is 69.5 Å². The number of nitrogens with zero attached hydrogens (tertiary/aromatic N) is 3. The minimum atomic E-state index is 0.224. The van der Waals surface area contributed by atoms with E-state index in [-0.39, 0.29) is 6.61 Å². The van der Waals surface area contributed by atoms with Gasteiger partial charge in [-0.25, -0.2) is 0 Å². The Bertz CT molecular complexity index is 952. The van der Waals surface area contributed by atoms with Gasteiger partial charge in [-0.05, 0) is 35.7 Å². The van der Waals surface area contributed by atoms with Crippen molar-refractivity contribution >= 4 is 10.9 Å². The van der Waals surface area contributed by atoms with Crippen LogP contribution in [0.15, 0.2) is 54.7 Å². The number of aliphatic hydroxyl groups excluding tert-OH is 1. The maximum absolute atomic E-state index is 9.64. The molecule has 1 fully saturated rings. The Kier molecular flexibility index (Phi) is 6.19. The summed E-state index contributed by atoms with van der Waals surface area (Å²) in [5.41, 5.74) is 3.92. The number of para-hydroxylation sites is 1. The van der Waals surface area contributed by atoms with Crippen molar-refractivity contribution in [1.29, 1.82) is 0 Å². The summed E-state index contributed by atoms with van der Waals surface area (Å²) >= 11 is 0. The van der Waals surface area contributed by atoms with E-state index in [2.05, 4.69) is 64.0 Å². The van der Waals surface area contributed by atoms with Crippen molar-refractivity contribution in [2.45, 2.75) is 25.6 Å². The first-order valence-electron chi connectivity index (χ1n) is 10.4. The number of hydrogen-bond acceptors (Lipinski definition) is 4. The fourth-order valence-corrected chi connectivity index (χ4v) is 4.53. The number of hydrogen-bond donors (Lipinski definition) is 1. The maximum atomic E-state index is 9.64. The monoisotopic (exact) mass is 393 g/mol. The molecule has 4 rings (SSSR count). The van der Waals surface area contributed by atoms with E-state index in [9.17, 15) is 5.11 Å². The van der Waals surface area contributed by atoms with Gasteiger partial charge in [-0.2, -0.15) is 0 Å². The van der Waals surface area contributed by atoms with Gasteiger partial charge >= 0.3 is 0 Å². The summed E-state index contributed by atoms with van der Waals surface area (Å²) < 4.78 is 7.59. The molecule has 1 aliphatic rings. The van der Waals surface area contributed by atoms with Gasteiger partial charge in [0.2, 0.25) is 0 Å². The molecule has 1 aliphatic heterocycles. The molecule has 29 heavy (non-hydrogen) atoms. The van der Waals surface area contributed by atoms with Crippen molar-refractivity contribution in [1.82, 2.24) is 14.4 Å². The summed E-state index contributed by atoms with van der Waals surface area (Å²) in [4.78, 5) is 5.04. The number of aryl methyl sites for hydroxylation is 1. The highest BCUT2D eigenvalue weighted by Gasteiger charge is 2.27. The van der Waals surface area contributed by atoms with Gasteiger partial charge in [-0.3, -0.25) is 9.80 Å². The van der Waals surface area contributed by atoms with E-state index in [1.807, 2.05) is 12.1 Å². The first kappa shape index (κ1) is 20.0. The Balaban J connectivity index is 1.46. The van der Waals surface area contributed by atoms with Gasteiger partial charge in [-0.1, -0.05) is 30.3 Å². The number of aliphatic hydroxyl groups is 1. The lowest BCUT2D eigenvalue weighted by atomic mass is 10.1. The van der Waals surface area contributed by atoms with Crippen molar-refractivity contribution in [2.75, 3.05) is 33.4 Å². The summed E-state index contributed by atoms with van der Waals surface area (Å²) in [7, 11) is 3.83. The Morgan fingerprint density at radius 3 is 2.76 bits per heavy atom. The van der Waals surface area contributed by atoms with Gasteiger partial charge in [0.25, 0.3) is 0 Å². The van der Waals surface area contributed by atoms with Crippen LogP contribution < -0.4 is 4.74 Å². The molecule has 0 radical (unpaired) electrons. The summed E-state index contributed by atoms with van der Waals surface area (Å²) in [5, 5.41) is 11.0. The zero-order valence-corrected chi connectivity index (χ0v) is 17.4. The molecule has 0 unspecified atom stereocenters.